The van der Waals surface area contributed by atoms with Crippen LogP contribution in [0, 0.1) is 6.92 Å². The third kappa shape index (κ3) is 3.75. The lowest BCUT2D eigenvalue weighted by Gasteiger charge is -2.10. The molecule has 0 radical (unpaired) electrons. The van der Waals surface area contributed by atoms with E-state index in [0.717, 1.165) is 0 Å². The molecule has 0 aliphatic carbocycles. The maximum atomic E-state index is 12.1. The summed E-state index contributed by atoms with van der Waals surface area (Å²) >= 11 is 0. The Balaban J connectivity index is 2.25. The van der Waals surface area contributed by atoms with Gasteiger partial charge in [0.25, 0.3) is 0 Å². The van der Waals surface area contributed by atoms with E-state index in [1.165, 1.54) is 31.4 Å². The molecule has 0 aliphatic heterocycles. The molecular weight excluding hydrogens is 299 g/mol. The molecule has 1 heterocycles. The van der Waals surface area contributed by atoms with Crippen molar-refractivity contribution in [2.75, 3.05) is 7.11 Å². The molecular formula is C15H12F3NO3. The molecule has 0 aliphatic rings. The number of benzene rings is 1. The van der Waals surface area contributed by atoms with Gasteiger partial charge < -0.3 is 9.47 Å². The van der Waals surface area contributed by atoms with Gasteiger partial charge in [0, 0.05) is 5.56 Å². The molecule has 0 amide bonds. The zero-order valence-electron chi connectivity index (χ0n) is 11.8. The Hall–Kier alpha value is -2.57. The first-order valence-corrected chi connectivity index (χ1v) is 6.22. The van der Waals surface area contributed by atoms with E-state index >= 15 is 0 Å². The van der Waals surface area contributed by atoms with Crippen molar-refractivity contribution in [1.82, 2.24) is 4.98 Å². The summed E-state index contributed by atoms with van der Waals surface area (Å²) in [7, 11) is 1.27. The smallest absolute Gasteiger partial charge is 0.465 e. The molecule has 0 unspecified atom stereocenters. The average molecular weight is 311 g/mol. The Kier molecular flexibility index (Phi) is 4.35. The second-order valence-electron chi connectivity index (χ2n) is 4.39. The summed E-state index contributed by atoms with van der Waals surface area (Å²) in [6, 6.07) is 8.48. The number of carbonyl (C=O) groups excluding carboxylic acids is 1. The van der Waals surface area contributed by atoms with Crippen LogP contribution in [0.15, 0.2) is 36.4 Å². The molecule has 7 heteroatoms. The highest BCUT2D eigenvalue weighted by Gasteiger charge is 2.30. The fraction of sp³-hybridized carbons (Fsp3) is 0.200. The maximum absolute atomic E-state index is 12.1. The third-order valence-corrected chi connectivity index (χ3v) is 2.87. The highest BCUT2D eigenvalue weighted by atomic mass is 19.4. The van der Waals surface area contributed by atoms with Crippen LogP contribution in [0.5, 0.6) is 5.75 Å². The number of ether oxygens (including phenoxy) is 2. The van der Waals surface area contributed by atoms with Crippen LogP contribution in [0.1, 0.15) is 16.1 Å². The first-order chi connectivity index (χ1) is 10.3. The third-order valence-electron chi connectivity index (χ3n) is 2.87. The van der Waals surface area contributed by atoms with Gasteiger partial charge in [-0.05, 0) is 43.3 Å². The summed E-state index contributed by atoms with van der Waals surface area (Å²) in [6.45, 7) is 1.65. The molecule has 0 bridgehead atoms. The van der Waals surface area contributed by atoms with Gasteiger partial charge in [-0.25, -0.2) is 4.79 Å². The number of rotatable bonds is 3. The van der Waals surface area contributed by atoms with E-state index < -0.39 is 12.3 Å². The van der Waals surface area contributed by atoms with Gasteiger partial charge >= 0.3 is 12.3 Å². The molecule has 22 heavy (non-hydrogen) atoms. The number of aromatic nitrogens is 1. The highest BCUT2D eigenvalue weighted by molar-refractivity contribution is 5.90. The van der Waals surface area contributed by atoms with Crippen molar-refractivity contribution in [3.05, 3.63) is 47.7 Å². The Bertz CT molecular complexity index is 681. The predicted octanol–water partition coefficient (Wildman–Crippen LogP) is 3.74. The average Bonchev–Trinajstić information content (AvgIpc) is 2.45. The molecule has 0 spiro atoms. The van der Waals surface area contributed by atoms with E-state index in [4.69, 9.17) is 0 Å². The Morgan fingerprint density at radius 1 is 1.09 bits per heavy atom. The minimum atomic E-state index is -4.72. The van der Waals surface area contributed by atoms with Crippen molar-refractivity contribution >= 4 is 5.97 Å². The summed E-state index contributed by atoms with van der Waals surface area (Å²) in [5.74, 6) is -0.801. The molecule has 4 nitrogen and oxygen atoms in total. The predicted molar refractivity (Wildman–Crippen MR) is 72.4 cm³/mol. The van der Waals surface area contributed by atoms with Crippen molar-refractivity contribution in [3.63, 3.8) is 0 Å². The first-order valence-electron chi connectivity index (χ1n) is 6.22. The Morgan fingerprint density at radius 3 is 2.23 bits per heavy atom. The summed E-state index contributed by atoms with van der Waals surface area (Å²) < 4.78 is 44.7. The minimum absolute atomic E-state index is 0.306. The summed E-state index contributed by atoms with van der Waals surface area (Å²) in [4.78, 5) is 15.7. The Labute approximate surface area is 124 Å². The molecule has 0 saturated heterocycles. The maximum Gasteiger partial charge on any atom is 0.573 e. The SMILES string of the molecule is COC(=O)c1ccc(-c2ccc(OC(F)(F)F)cc2)nc1C. The van der Waals surface area contributed by atoms with Crippen molar-refractivity contribution in [2.24, 2.45) is 0 Å². The van der Waals surface area contributed by atoms with Crippen LogP contribution in [0.4, 0.5) is 13.2 Å². The number of esters is 1. The van der Waals surface area contributed by atoms with Gasteiger partial charge in [-0.2, -0.15) is 0 Å². The van der Waals surface area contributed by atoms with E-state index in [2.05, 4.69) is 14.5 Å². The topological polar surface area (TPSA) is 48.4 Å². The van der Waals surface area contributed by atoms with Gasteiger partial charge in [-0.1, -0.05) is 0 Å². The van der Waals surface area contributed by atoms with Crippen molar-refractivity contribution in [1.29, 1.82) is 0 Å². The highest BCUT2D eigenvalue weighted by Crippen LogP contribution is 2.26. The second-order valence-corrected chi connectivity index (χ2v) is 4.39. The number of methoxy groups -OCH3 is 1. The fourth-order valence-electron chi connectivity index (χ4n) is 1.87. The van der Waals surface area contributed by atoms with Crippen LogP contribution in [-0.2, 0) is 4.74 Å². The van der Waals surface area contributed by atoms with Crippen LogP contribution in [-0.4, -0.2) is 24.4 Å². The summed E-state index contributed by atoms with van der Waals surface area (Å²) in [5, 5.41) is 0. The van der Waals surface area contributed by atoms with Crippen LogP contribution >= 0.6 is 0 Å². The summed E-state index contributed by atoms with van der Waals surface area (Å²) in [5.41, 5.74) is 1.95. The number of hydrogen-bond acceptors (Lipinski definition) is 4. The van der Waals surface area contributed by atoms with Crippen LogP contribution in [0.3, 0.4) is 0 Å². The quantitative estimate of drug-likeness (QED) is 0.810. The molecule has 116 valence electrons. The monoisotopic (exact) mass is 311 g/mol. The van der Waals surface area contributed by atoms with Crippen LogP contribution in [0.25, 0.3) is 11.3 Å². The summed E-state index contributed by atoms with van der Waals surface area (Å²) in [6.07, 6.45) is -4.72. The van der Waals surface area contributed by atoms with Gasteiger partial charge in [0.05, 0.1) is 24.1 Å². The molecule has 0 atom stereocenters. The van der Waals surface area contributed by atoms with E-state index in [1.807, 2.05) is 0 Å². The first kappa shape index (κ1) is 15.8. The van der Waals surface area contributed by atoms with E-state index in [1.54, 1.807) is 19.1 Å². The Morgan fingerprint density at radius 2 is 1.73 bits per heavy atom. The normalized spacial score (nSPS) is 11.1. The molecule has 1 aromatic carbocycles. The minimum Gasteiger partial charge on any atom is -0.465 e. The number of hydrogen-bond donors (Lipinski definition) is 0. The lowest BCUT2D eigenvalue weighted by molar-refractivity contribution is -0.274. The molecule has 2 aromatic rings. The molecule has 0 N–H and O–H groups in total. The van der Waals surface area contributed by atoms with Crippen molar-refractivity contribution in [3.8, 4) is 17.0 Å². The van der Waals surface area contributed by atoms with Gasteiger partial charge in [-0.15, -0.1) is 13.2 Å². The zero-order valence-corrected chi connectivity index (χ0v) is 11.8. The number of pyridine rings is 1. The van der Waals surface area contributed by atoms with E-state index in [9.17, 15) is 18.0 Å². The lowest BCUT2D eigenvalue weighted by atomic mass is 10.1. The van der Waals surface area contributed by atoms with Gasteiger partial charge in [0.2, 0.25) is 0 Å². The number of carbonyl (C=O) groups is 1. The molecule has 2 rings (SSSR count). The lowest BCUT2D eigenvalue weighted by Crippen LogP contribution is -2.16. The van der Waals surface area contributed by atoms with E-state index in [-0.39, 0.29) is 5.75 Å². The van der Waals surface area contributed by atoms with Gasteiger partial charge in [0.15, 0.2) is 0 Å². The molecule has 0 fully saturated rings. The molecule has 0 saturated carbocycles. The van der Waals surface area contributed by atoms with Crippen LogP contribution < -0.4 is 4.74 Å². The number of halogens is 3. The number of nitrogens with zero attached hydrogens (tertiary/aromatic N) is 1. The number of alkyl halides is 3. The zero-order chi connectivity index (χ0) is 16.3. The van der Waals surface area contributed by atoms with Crippen molar-refractivity contribution < 1.29 is 27.4 Å². The number of aryl methyl sites for hydroxylation is 1. The second kappa shape index (κ2) is 6.05. The van der Waals surface area contributed by atoms with Gasteiger partial charge in [0.1, 0.15) is 5.75 Å². The van der Waals surface area contributed by atoms with Crippen molar-refractivity contribution in [2.45, 2.75) is 13.3 Å². The van der Waals surface area contributed by atoms with E-state index in [0.29, 0.717) is 22.5 Å². The fourth-order valence-corrected chi connectivity index (χ4v) is 1.87. The standard InChI is InChI=1S/C15H12F3NO3/c1-9-12(14(20)21-2)7-8-13(19-9)10-3-5-11(6-4-10)22-15(16,17)18/h3-8H,1-2H3. The van der Waals surface area contributed by atoms with Gasteiger partial charge in [-0.3, -0.25) is 4.98 Å². The van der Waals surface area contributed by atoms with Crippen LogP contribution in [0.2, 0.25) is 0 Å². The molecule has 1 aromatic heterocycles. The largest absolute Gasteiger partial charge is 0.573 e.